The molecule has 0 fully saturated rings. The fourth-order valence-electron chi connectivity index (χ4n) is 2.75. The van der Waals surface area contributed by atoms with Gasteiger partial charge < -0.3 is 19.1 Å². The van der Waals surface area contributed by atoms with Crippen molar-refractivity contribution in [2.24, 2.45) is 0 Å². The van der Waals surface area contributed by atoms with Gasteiger partial charge in [0.05, 0.1) is 18.7 Å². The van der Waals surface area contributed by atoms with Gasteiger partial charge in [0.1, 0.15) is 0 Å². The Kier molecular flexibility index (Phi) is 5.72. The van der Waals surface area contributed by atoms with E-state index in [4.69, 9.17) is 14.6 Å². The summed E-state index contributed by atoms with van der Waals surface area (Å²) in [5, 5.41) is 10.3. The van der Waals surface area contributed by atoms with Crippen LogP contribution in [0.1, 0.15) is 45.6 Å². The number of nitrogens with zero attached hydrogens (tertiary/aromatic N) is 1. The van der Waals surface area contributed by atoms with Crippen molar-refractivity contribution in [3.63, 3.8) is 0 Å². The van der Waals surface area contributed by atoms with Crippen molar-refractivity contribution < 1.29 is 14.6 Å². The number of hydrogen-bond acceptors (Lipinski definition) is 3. The molecule has 2 rings (SSSR count). The quantitative estimate of drug-likeness (QED) is 0.803. The van der Waals surface area contributed by atoms with Crippen LogP contribution in [0, 0.1) is 0 Å². The number of aliphatic hydroxyl groups is 1. The summed E-state index contributed by atoms with van der Waals surface area (Å²) in [7, 11) is 0. The molecule has 22 heavy (non-hydrogen) atoms. The van der Waals surface area contributed by atoms with Gasteiger partial charge in [-0.25, -0.2) is 0 Å². The highest BCUT2D eigenvalue weighted by atomic mass is 16.5. The molecule has 2 aromatic rings. The molecule has 0 radical (unpaired) electrons. The summed E-state index contributed by atoms with van der Waals surface area (Å²) in [5.74, 6) is 2.03. The molecule has 1 aromatic carbocycles. The van der Waals surface area contributed by atoms with E-state index in [1.165, 1.54) is 10.9 Å². The minimum atomic E-state index is 0.200. The predicted molar refractivity (Wildman–Crippen MR) is 90.1 cm³/mol. The summed E-state index contributed by atoms with van der Waals surface area (Å²) in [5.41, 5.74) is 2.45. The van der Waals surface area contributed by atoms with Crippen molar-refractivity contribution in [3.05, 3.63) is 23.9 Å². The summed E-state index contributed by atoms with van der Waals surface area (Å²) < 4.78 is 13.7. The number of hydrogen-bond donors (Lipinski definition) is 1. The van der Waals surface area contributed by atoms with Gasteiger partial charge in [0.25, 0.3) is 0 Å². The Balaban J connectivity index is 2.59. The van der Waals surface area contributed by atoms with E-state index >= 15 is 0 Å². The molecule has 4 nitrogen and oxygen atoms in total. The fraction of sp³-hybridized carbons (Fsp3) is 0.556. The molecule has 0 saturated carbocycles. The summed E-state index contributed by atoms with van der Waals surface area (Å²) in [6.45, 7) is 10.6. The average Bonchev–Trinajstić information content (AvgIpc) is 2.84. The first-order valence-electron chi connectivity index (χ1n) is 8.15. The highest BCUT2D eigenvalue weighted by Crippen LogP contribution is 2.37. The third kappa shape index (κ3) is 3.38. The third-order valence-electron chi connectivity index (χ3n) is 3.76. The Labute approximate surface area is 132 Å². The van der Waals surface area contributed by atoms with Crippen LogP contribution < -0.4 is 9.47 Å². The van der Waals surface area contributed by atoms with Crippen molar-refractivity contribution in [1.29, 1.82) is 0 Å². The lowest BCUT2D eigenvalue weighted by molar-refractivity contribution is 0.280. The Bertz CT molecular complexity index is 616. The van der Waals surface area contributed by atoms with Gasteiger partial charge in [-0.3, -0.25) is 0 Å². The zero-order valence-corrected chi connectivity index (χ0v) is 14.1. The first-order valence-corrected chi connectivity index (χ1v) is 8.15. The largest absolute Gasteiger partial charge is 0.490 e. The van der Waals surface area contributed by atoms with Crippen molar-refractivity contribution in [2.45, 2.75) is 46.6 Å². The van der Waals surface area contributed by atoms with E-state index in [1.807, 2.05) is 13.8 Å². The van der Waals surface area contributed by atoms with Gasteiger partial charge in [-0.15, -0.1) is 0 Å². The second kappa shape index (κ2) is 7.54. The standard InChI is InChI=1S/C18H27NO3/c1-5-21-17-10-14-15(13(3)4)12-19(8-7-9-20)16(14)11-18(17)22-6-2/h10-13,20H,5-9H2,1-4H3. The molecule has 0 amide bonds. The van der Waals surface area contributed by atoms with Gasteiger partial charge >= 0.3 is 0 Å². The lowest BCUT2D eigenvalue weighted by Gasteiger charge is -2.13. The van der Waals surface area contributed by atoms with Gasteiger partial charge in [-0.2, -0.15) is 0 Å². The van der Waals surface area contributed by atoms with E-state index in [1.54, 1.807) is 0 Å². The van der Waals surface area contributed by atoms with Crippen LogP contribution >= 0.6 is 0 Å². The Morgan fingerprint density at radius 1 is 1.09 bits per heavy atom. The molecule has 0 spiro atoms. The Morgan fingerprint density at radius 3 is 2.27 bits per heavy atom. The van der Waals surface area contributed by atoms with Crippen molar-refractivity contribution in [1.82, 2.24) is 4.57 Å². The van der Waals surface area contributed by atoms with Crippen molar-refractivity contribution in [2.75, 3.05) is 19.8 Å². The van der Waals surface area contributed by atoms with Gasteiger partial charge in [-0.05, 0) is 37.8 Å². The van der Waals surface area contributed by atoms with Crippen LogP contribution in [0.3, 0.4) is 0 Å². The first kappa shape index (κ1) is 16.7. The molecule has 0 atom stereocenters. The number of aliphatic hydroxyl groups excluding tert-OH is 1. The number of aromatic nitrogens is 1. The summed E-state index contributed by atoms with van der Waals surface area (Å²) in [4.78, 5) is 0. The summed E-state index contributed by atoms with van der Waals surface area (Å²) >= 11 is 0. The normalized spacial score (nSPS) is 11.4. The number of benzene rings is 1. The highest BCUT2D eigenvalue weighted by Gasteiger charge is 2.16. The average molecular weight is 305 g/mol. The second-order valence-corrected chi connectivity index (χ2v) is 5.69. The molecule has 1 heterocycles. The number of aryl methyl sites for hydroxylation is 1. The zero-order valence-electron chi connectivity index (χ0n) is 14.1. The molecule has 4 heteroatoms. The molecule has 0 unspecified atom stereocenters. The first-order chi connectivity index (χ1) is 10.6. The van der Waals surface area contributed by atoms with Crippen LogP contribution in [0.5, 0.6) is 11.5 Å². The zero-order chi connectivity index (χ0) is 16.1. The van der Waals surface area contributed by atoms with Crippen LogP contribution in [0.15, 0.2) is 18.3 Å². The second-order valence-electron chi connectivity index (χ2n) is 5.69. The predicted octanol–water partition coefficient (Wildman–Crippen LogP) is 3.94. The number of fused-ring (bicyclic) bond motifs is 1. The van der Waals surface area contributed by atoms with Gasteiger partial charge in [0.2, 0.25) is 0 Å². The smallest absolute Gasteiger partial charge is 0.163 e. The summed E-state index contributed by atoms with van der Waals surface area (Å²) in [6.07, 6.45) is 2.94. The highest BCUT2D eigenvalue weighted by molar-refractivity contribution is 5.88. The van der Waals surface area contributed by atoms with E-state index in [0.29, 0.717) is 19.1 Å². The maximum Gasteiger partial charge on any atom is 0.163 e. The number of ether oxygens (including phenoxy) is 2. The third-order valence-corrected chi connectivity index (χ3v) is 3.76. The topological polar surface area (TPSA) is 43.6 Å². The monoisotopic (exact) mass is 305 g/mol. The van der Waals surface area contributed by atoms with E-state index in [0.717, 1.165) is 30.0 Å². The molecule has 1 N–H and O–H groups in total. The van der Waals surface area contributed by atoms with Gasteiger partial charge in [-0.1, -0.05) is 13.8 Å². The summed E-state index contributed by atoms with van der Waals surface area (Å²) in [6, 6.07) is 4.15. The van der Waals surface area contributed by atoms with Crippen LogP contribution in [0.2, 0.25) is 0 Å². The van der Waals surface area contributed by atoms with Crippen LogP contribution in [0.4, 0.5) is 0 Å². The molecule has 0 aliphatic rings. The molecular weight excluding hydrogens is 278 g/mol. The lowest BCUT2D eigenvalue weighted by Crippen LogP contribution is -2.01. The Morgan fingerprint density at radius 2 is 1.73 bits per heavy atom. The maximum absolute atomic E-state index is 9.11. The van der Waals surface area contributed by atoms with Crippen LogP contribution in [0.25, 0.3) is 10.9 Å². The van der Waals surface area contributed by atoms with Crippen molar-refractivity contribution in [3.8, 4) is 11.5 Å². The molecule has 0 aliphatic heterocycles. The van der Waals surface area contributed by atoms with E-state index < -0.39 is 0 Å². The van der Waals surface area contributed by atoms with Crippen molar-refractivity contribution >= 4 is 10.9 Å². The molecule has 0 bridgehead atoms. The SMILES string of the molecule is CCOc1cc2c(C(C)C)cn(CCCO)c2cc1OCC. The minimum absolute atomic E-state index is 0.200. The van der Waals surface area contributed by atoms with Crippen LogP contribution in [-0.2, 0) is 6.54 Å². The van der Waals surface area contributed by atoms with Gasteiger partial charge in [0.15, 0.2) is 11.5 Å². The van der Waals surface area contributed by atoms with E-state index in [2.05, 4.69) is 36.7 Å². The molecule has 0 aliphatic carbocycles. The fourth-order valence-corrected chi connectivity index (χ4v) is 2.75. The molecular formula is C18H27NO3. The maximum atomic E-state index is 9.11. The molecule has 1 aromatic heterocycles. The Hall–Kier alpha value is -1.68. The van der Waals surface area contributed by atoms with E-state index in [9.17, 15) is 0 Å². The molecule has 0 saturated heterocycles. The minimum Gasteiger partial charge on any atom is -0.490 e. The number of rotatable bonds is 8. The molecule has 122 valence electrons. The van der Waals surface area contributed by atoms with E-state index in [-0.39, 0.29) is 6.61 Å². The van der Waals surface area contributed by atoms with Crippen LogP contribution in [-0.4, -0.2) is 29.5 Å². The van der Waals surface area contributed by atoms with Gasteiger partial charge in [0, 0.05) is 30.8 Å². The lowest BCUT2D eigenvalue weighted by atomic mass is 10.0.